The van der Waals surface area contributed by atoms with Crippen molar-refractivity contribution in [1.82, 2.24) is 15.6 Å². The number of carbonyl (C=O) groups excluding carboxylic acids is 3. The normalized spacial score (nSPS) is 10.3. The standard InChI is InChI=1S/C21H19BrN4O4/c1-26(21(29)17-8-9-18(22)30-17)16-7-3-2-6-15(16)20(28)25-12-11-24-19(27)14-5-4-10-23-13-14/h2-10,13H,11-12H2,1H3,(H,24,27)(H,25,28). The van der Waals surface area contributed by atoms with E-state index >= 15 is 0 Å². The molecule has 0 aliphatic rings. The Labute approximate surface area is 181 Å². The van der Waals surface area contributed by atoms with Gasteiger partial charge >= 0.3 is 0 Å². The van der Waals surface area contributed by atoms with Crippen LogP contribution in [0.3, 0.4) is 0 Å². The van der Waals surface area contributed by atoms with E-state index in [2.05, 4.69) is 31.5 Å². The van der Waals surface area contributed by atoms with Crippen molar-refractivity contribution >= 4 is 39.3 Å². The molecule has 0 saturated heterocycles. The second-order valence-corrected chi connectivity index (χ2v) is 7.02. The minimum atomic E-state index is -0.385. The molecule has 30 heavy (non-hydrogen) atoms. The number of aromatic nitrogens is 1. The Kier molecular flexibility index (Phi) is 6.97. The maximum absolute atomic E-state index is 12.6. The number of furan rings is 1. The number of anilines is 1. The van der Waals surface area contributed by atoms with E-state index in [0.717, 1.165) is 0 Å². The van der Waals surface area contributed by atoms with Gasteiger partial charge in [0.15, 0.2) is 10.4 Å². The third-order valence-electron chi connectivity index (χ3n) is 4.22. The van der Waals surface area contributed by atoms with E-state index in [4.69, 9.17) is 4.42 Å². The van der Waals surface area contributed by atoms with Gasteiger partial charge in [-0.15, -0.1) is 0 Å². The van der Waals surface area contributed by atoms with E-state index in [1.807, 2.05) is 0 Å². The van der Waals surface area contributed by atoms with Crippen LogP contribution in [0, 0.1) is 0 Å². The molecule has 0 bridgehead atoms. The molecule has 0 fully saturated rings. The SMILES string of the molecule is CN(C(=O)c1ccc(Br)o1)c1ccccc1C(=O)NCCNC(=O)c1cccnc1. The van der Waals surface area contributed by atoms with Crippen LogP contribution in [0.2, 0.25) is 0 Å². The number of nitrogens with zero attached hydrogens (tertiary/aromatic N) is 2. The number of nitrogens with one attached hydrogen (secondary N) is 2. The van der Waals surface area contributed by atoms with E-state index in [9.17, 15) is 14.4 Å². The highest BCUT2D eigenvalue weighted by Gasteiger charge is 2.21. The van der Waals surface area contributed by atoms with Crippen LogP contribution in [0.1, 0.15) is 31.3 Å². The lowest BCUT2D eigenvalue weighted by Gasteiger charge is -2.19. The maximum atomic E-state index is 12.6. The van der Waals surface area contributed by atoms with Crippen molar-refractivity contribution < 1.29 is 18.8 Å². The molecular weight excluding hydrogens is 452 g/mol. The molecule has 0 unspecified atom stereocenters. The summed E-state index contributed by atoms with van der Waals surface area (Å²) >= 11 is 3.17. The molecule has 0 atom stereocenters. The van der Waals surface area contributed by atoms with Crippen molar-refractivity contribution in [3.05, 3.63) is 82.5 Å². The predicted octanol–water partition coefficient (Wildman–Crippen LogP) is 2.87. The van der Waals surface area contributed by atoms with Crippen LogP contribution in [-0.2, 0) is 0 Å². The summed E-state index contributed by atoms with van der Waals surface area (Å²) in [5, 5.41) is 5.46. The molecule has 3 aromatic rings. The first kappa shape index (κ1) is 21.3. The second kappa shape index (κ2) is 9.84. The first-order valence-corrected chi connectivity index (χ1v) is 9.85. The molecule has 0 aliphatic carbocycles. The van der Waals surface area contributed by atoms with Crippen LogP contribution >= 0.6 is 15.9 Å². The van der Waals surface area contributed by atoms with Crippen LogP contribution in [0.5, 0.6) is 0 Å². The fourth-order valence-corrected chi connectivity index (χ4v) is 3.02. The van der Waals surface area contributed by atoms with Gasteiger partial charge in [-0.3, -0.25) is 19.4 Å². The van der Waals surface area contributed by atoms with Crippen molar-refractivity contribution in [2.75, 3.05) is 25.0 Å². The summed E-state index contributed by atoms with van der Waals surface area (Å²) in [5.74, 6) is -0.864. The van der Waals surface area contributed by atoms with Crippen LogP contribution < -0.4 is 15.5 Å². The molecule has 0 aliphatic heterocycles. The van der Waals surface area contributed by atoms with E-state index in [1.54, 1.807) is 61.8 Å². The molecule has 8 nitrogen and oxygen atoms in total. The molecule has 2 aromatic heterocycles. The minimum Gasteiger partial charge on any atom is -0.444 e. The van der Waals surface area contributed by atoms with Gasteiger partial charge in [-0.25, -0.2) is 0 Å². The lowest BCUT2D eigenvalue weighted by atomic mass is 10.1. The average molecular weight is 471 g/mol. The van der Waals surface area contributed by atoms with Gasteiger partial charge in [-0.1, -0.05) is 12.1 Å². The van der Waals surface area contributed by atoms with Crippen molar-refractivity contribution in [3.8, 4) is 0 Å². The van der Waals surface area contributed by atoms with Crippen LogP contribution in [0.4, 0.5) is 5.69 Å². The predicted molar refractivity (Wildman–Crippen MR) is 114 cm³/mol. The molecule has 3 rings (SSSR count). The van der Waals surface area contributed by atoms with E-state index in [-0.39, 0.29) is 36.6 Å². The molecule has 0 radical (unpaired) electrons. The highest BCUT2D eigenvalue weighted by molar-refractivity contribution is 9.10. The van der Waals surface area contributed by atoms with Crippen molar-refractivity contribution in [3.63, 3.8) is 0 Å². The first-order valence-electron chi connectivity index (χ1n) is 9.06. The molecule has 2 N–H and O–H groups in total. The highest BCUT2D eigenvalue weighted by atomic mass is 79.9. The zero-order chi connectivity index (χ0) is 21.5. The van der Waals surface area contributed by atoms with E-state index < -0.39 is 0 Å². The van der Waals surface area contributed by atoms with Gasteiger partial charge in [0.2, 0.25) is 0 Å². The van der Waals surface area contributed by atoms with Gasteiger partial charge in [-0.05, 0) is 52.3 Å². The van der Waals surface area contributed by atoms with Crippen LogP contribution in [0.15, 0.2) is 70.0 Å². The maximum Gasteiger partial charge on any atom is 0.293 e. The summed E-state index contributed by atoms with van der Waals surface area (Å²) in [6.07, 6.45) is 3.05. The quantitative estimate of drug-likeness (QED) is 0.516. The fourth-order valence-electron chi connectivity index (χ4n) is 2.71. The molecule has 0 spiro atoms. The largest absolute Gasteiger partial charge is 0.444 e. The number of hydrogen-bond donors (Lipinski definition) is 2. The summed E-state index contributed by atoms with van der Waals surface area (Å²) < 4.78 is 5.75. The third-order valence-corrected chi connectivity index (χ3v) is 4.64. The topological polar surface area (TPSA) is 105 Å². The van der Waals surface area contributed by atoms with Gasteiger partial charge in [0.05, 0.1) is 16.8 Å². The van der Waals surface area contributed by atoms with Gasteiger partial charge in [0.25, 0.3) is 17.7 Å². The summed E-state index contributed by atoms with van der Waals surface area (Å²) in [5.41, 5.74) is 1.21. The second-order valence-electron chi connectivity index (χ2n) is 6.24. The smallest absolute Gasteiger partial charge is 0.293 e. The number of rotatable bonds is 7. The lowest BCUT2D eigenvalue weighted by molar-refractivity contribution is 0.0926. The zero-order valence-corrected chi connectivity index (χ0v) is 17.7. The molecule has 154 valence electrons. The molecule has 2 heterocycles. The number of hydrogen-bond acceptors (Lipinski definition) is 5. The molecule has 3 amide bonds. The number of amides is 3. The summed E-state index contributed by atoms with van der Waals surface area (Å²) in [6, 6.07) is 13.3. The highest BCUT2D eigenvalue weighted by Crippen LogP contribution is 2.23. The molecule has 9 heteroatoms. The molecule has 1 aromatic carbocycles. The Morgan fingerprint density at radius 2 is 1.73 bits per heavy atom. The Morgan fingerprint density at radius 3 is 2.40 bits per heavy atom. The van der Waals surface area contributed by atoms with Crippen molar-refractivity contribution in [1.29, 1.82) is 0 Å². The summed E-state index contributed by atoms with van der Waals surface area (Å²) in [6.45, 7) is 0.471. The number of halogens is 1. The summed E-state index contributed by atoms with van der Waals surface area (Å²) in [7, 11) is 1.57. The Morgan fingerprint density at radius 1 is 1.00 bits per heavy atom. The van der Waals surface area contributed by atoms with Crippen LogP contribution in [0.25, 0.3) is 0 Å². The van der Waals surface area contributed by atoms with Gasteiger partial charge in [0, 0.05) is 32.5 Å². The zero-order valence-electron chi connectivity index (χ0n) is 16.1. The molecule has 0 saturated carbocycles. The number of pyridine rings is 1. The first-order chi connectivity index (χ1) is 14.5. The number of para-hydroxylation sites is 1. The van der Waals surface area contributed by atoms with Crippen LogP contribution in [-0.4, -0.2) is 42.8 Å². The lowest BCUT2D eigenvalue weighted by Crippen LogP contribution is -2.36. The summed E-state index contributed by atoms with van der Waals surface area (Å²) in [4.78, 5) is 42.5. The van der Waals surface area contributed by atoms with Crippen molar-refractivity contribution in [2.24, 2.45) is 0 Å². The van der Waals surface area contributed by atoms with Gasteiger partial charge < -0.3 is 20.0 Å². The fraction of sp³-hybridized carbons (Fsp3) is 0.143. The molecular formula is C21H19BrN4O4. The Balaban J connectivity index is 1.60. The minimum absolute atomic E-state index is 0.151. The number of benzene rings is 1. The van der Waals surface area contributed by atoms with Crippen molar-refractivity contribution in [2.45, 2.75) is 0 Å². The van der Waals surface area contributed by atoms with Gasteiger partial charge in [-0.2, -0.15) is 0 Å². The average Bonchev–Trinajstić information content (AvgIpc) is 3.22. The Hall–Kier alpha value is -3.46. The van der Waals surface area contributed by atoms with Gasteiger partial charge in [0.1, 0.15) is 0 Å². The number of carbonyl (C=O) groups is 3. The monoisotopic (exact) mass is 470 g/mol. The third kappa shape index (κ3) is 5.12. The van der Waals surface area contributed by atoms with E-state index in [1.165, 1.54) is 11.1 Å². The Bertz CT molecular complexity index is 1050. The van der Waals surface area contributed by atoms with E-state index in [0.29, 0.717) is 21.5 Å².